The van der Waals surface area contributed by atoms with E-state index in [9.17, 15) is 4.79 Å². The van der Waals surface area contributed by atoms with Gasteiger partial charge in [0.1, 0.15) is 0 Å². The number of nitrogens with one attached hydrogen (secondary N) is 1. The van der Waals surface area contributed by atoms with Gasteiger partial charge in [0.2, 0.25) is 5.91 Å². The Morgan fingerprint density at radius 2 is 2.12 bits per heavy atom. The van der Waals surface area contributed by atoms with Crippen LogP contribution in [0.3, 0.4) is 0 Å². The van der Waals surface area contributed by atoms with Crippen molar-refractivity contribution in [3.63, 3.8) is 0 Å². The van der Waals surface area contributed by atoms with E-state index >= 15 is 0 Å². The first-order valence-electron chi connectivity index (χ1n) is 5.53. The summed E-state index contributed by atoms with van der Waals surface area (Å²) in [6, 6.07) is 9.00. The van der Waals surface area contributed by atoms with E-state index in [-0.39, 0.29) is 5.91 Å². The number of amides is 1. The zero-order valence-electron chi connectivity index (χ0n) is 10.1. The molecule has 1 rings (SSSR count). The summed E-state index contributed by atoms with van der Waals surface area (Å²) < 4.78 is 5.21. The van der Waals surface area contributed by atoms with Crippen LogP contribution in [0.1, 0.15) is 37.1 Å². The van der Waals surface area contributed by atoms with Gasteiger partial charge in [-0.1, -0.05) is 19.1 Å². The molecule has 0 fully saturated rings. The number of nitriles is 1. The smallest absolute Gasteiger partial charge is 0.222 e. The summed E-state index contributed by atoms with van der Waals surface area (Å²) in [5.74, 6) is -0.0382. The highest BCUT2D eigenvalue weighted by Gasteiger charge is 2.12. The second kappa shape index (κ2) is 6.66. The van der Waals surface area contributed by atoms with Gasteiger partial charge < -0.3 is 10.1 Å². The molecule has 4 heteroatoms. The van der Waals surface area contributed by atoms with E-state index < -0.39 is 6.23 Å². The van der Waals surface area contributed by atoms with Crippen molar-refractivity contribution < 1.29 is 9.53 Å². The molecule has 0 aliphatic carbocycles. The number of nitrogens with zero attached hydrogens (tertiary/aromatic N) is 1. The highest BCUT2D eigenvalue weighted by molar-refractivity contribution is 5.76. The quantitative estimate of drug-likeness (QED) is 0.791. The monoisotopic (exact) mass is 232 g/mol. The van der Waals surface area contributed by atoms with Crippen LogP contribution in [0.25, 0.3) is 0 Å². The number of rotatable bonds is 5. The lowest BCUT2D eigenvalue weighted by Crippen LogP contribution is -2.29. The van der Waals surface area contributed by atoms with Crippen LogP contribution in [0.15, 0.2) is 24.3 Å². The van der Waals surface area contributed by atoms with Crippen LogP contribution in [-0.4, -0.2) is 13.0 Å². The van der Waals surface area contributed by atoms with Crippen molar-refractivity contribution in [1.29, 1.82) is 5.26 Å². The fraction of sp³-hybridized carbons (Fsp3) is 0.385. The molecule has 0 aromatic heterocycles. The summed E-state index contributed by atoms with van der Waals surface area (Å²) in [5, 5.41) is 11.5. The average molecular weight is 232 g/mol. The second-order valence-electron chi connectivity index (χ2n) is 3.67. The zero-order valence-corrected chi connectivity index (χ0v) is 10.1. The van der Waals surface area contributed by atoms with Gasteiger partial charge in [-0.25, -0.2) is 0 Å². The Morgan fingerprint density at radius 3 is 2.59 bits per heavy atom. The molecular weight excluding hydrogens is 216 g/mol. The van der Waals surface area contributed by atoms with E-state index in [0.29, 0.717) is 12.0 Å². The predicted molar refractivity (Wildman–Crippen MR) is 64.0 cm³/mol. The molecule has 1 unspecified atom stereocenters. The molecule has 0 heterocycles. The van der Waals surface area contributed by atoms with E-state index in [1.807, 2.05) is 13.0 Å². The first-order chi connectivity index (χ1) is 8.21. The number of carbonyl (C=O) groups is 1. The molecule has 0 radical (unpaired) electrons. The minimum Gasteiger partial charge on any atom is -0.357 e. The lowest BCUT2D eigenvalue weighted by atomic mass is 10.1. The standard InChI is InChI=1S/C13H16N2O2/c1-3-4-12(16)15-13(17-2)11-7-5-10(9-14)6-8-11/h5-8,13H,3-4H2,1-2H3,(H,15,16). The van der Waals surface area contributed by atoms with Gasteiger partial charge in [0.15, 0.2) is 6.23 Å². The molecule has 17 heavy (non-hydrogen) atoms. The van der Waals surface area contributed by atoms with E-state index in [0.717, 1.165) is 12.0 Å². The summed E-state index contributed by atoms with van der Waals surface area (Å²) in [4.78, 5) is 11.5. The lowest BCUT2D eigenvalue weighted by molar-refractivity contribution is -0.125. The summed E-state index contributed by atoms with van der Waals surface area (Å²) >= 11 is 0. The Balaban J connectivity index is 2.72. The second-order valence-corrected chi connectivity index (χ2v) is 3.67. The Kier molecular flexibility index (Phi) is 5.18. The summed E-state index contributed by atoms with van der Waals surface area (Å²) in [5.41, 5.74) is 1.42. The average Bonchev–Trinajstić information content (AvgIpc) is 2.36. The van der Waals surface area contributed by atoms with Crippen molar-refractivity contribution in [3.8, 4) is 6.07 Å². The van der Waals surface area contributed by atoms with Gasteiger partial charge in [0.05, 0.1) is 11.6 Å². The molecule has 1 aromatic carbocycles. The van der Waals surface area contributed by atoms with Crippen molar-refractivity contribution in [2.75, 3.05) is 7.11 Å². The maximum absolute atomic E-state index is 11.5. The van der Waals surface area contributed by atoms with Crippen LogP contribution in [-0.2, 0) is 9.53 Å². The van der Waals surface area contributed by atoms with Gasteiger partial charge in [-0.3, -0.25) is 4.79 Å². The summed E-state index contributed by atoms with van der Waals surface area (Å²) in [7, 11) is 1.54. The number of carbonyl (C=O) groups excluding carboxylic acids is 1. The number of hydrogen-bond donors (Lipinski definition) is 1. The Morgan fingerprint density at radius 1 is 1.47 bits per heavy atom. The van der Waals surface area contributed by atoms with Crippen molar-refractivity contribution >= 4 is 5.91 Å². The van der Waals surface area contributed by atoms with Crippen LogP contribution in [0, 0.1) is 11.3 Å². The SMILES string of the molecule is CCCC(=O)NC(OC)c1ccc(C#N)cc1. The van der Waals surface area contributed by atoms with Crippen molar-refractivity contribution in [3.05, 3.63) is 35.4 Å². The van der Waals surface area contributed by atoms with Crippen LogP contribution < -0.4 is 5.32 Å². The van der Waals surface area contributed by atoms with Crippen LogP contribution in [0.4, 0.5) is 0 Å². The highest BCUT2D eigenvalue weighted by atomic mass is 16.5. The molecule has 1 atom stereocenters. The molecule has 0 saturated carbocycles. The predicted octanol–water partition coefficient (Wildman–Crippen LogP) is 2.12. The third-order valence-electron chi connectivity index (χ3n) is 2.35. The van der Waals surface area contributed by atoms with Gasteiger partial charge in [-0.05, 0) is 18.6 Å². The summed E-state index contributed by atoms with van der Waals surface area (Å²) in [6.07, 6.45) is 0.827. The molecule has 90 valence electrons. The molecular formula is C13H16N2O2. The van der Waals surface area contributed by atoms with Gasteiger partial charge in [-0.2, -0.15) is 5.26 Å². The maximum atomic E-state index is 11.5. The van der Waals surface area contributed by atoms with Gasteiger partial charge >= 0.3 is 0 Å². The molecule has 1 aromatic rings. The van der Waals surface area contributed by atoms with E-state index in [4.69, 9.17) is 10.00 Å². The minimum absolute atomic E-state index is 0.0382. The summed E-state index contributed by atoms with van der Waals surface area (Å²) in [6.45, 7) is 1.95. The molecule has 0 spiro atoms. The number of methoxy groups -OCH3 is 1. The van der Waals surface area contributed by atoms with Crippen molar-refractivity contribution in [2.45, 2.75) is 26.0 Å². The van der Waals surface area contributed by atoms with Crippen molar-refractivity contribution in [2.24, 2.45) is 0 Å². The molecule has 0 aliphatic rings. The highest BCUT2D eigenvalue weighted by Crippen LogP contribution is 2.14. The number of benzene rings is 1. The van der Waals surface area contributed by atoms with Crippen LogP contribution >= 0.6 is 0 Å². The molecule has 0 aliphatic heterocycles. The Hall–Kier alpha value is -1.86. The normalized spacial score (nSPS) is 11.6. The molecule has 1 amide bonds. The fourth-order valence-electron chi connectivity index (χ4n) is 1.46. The third-order valence-corrected chi connectivity index (χ3v) is 2.35. The minimum atomic E-state index is -0.457. The Bertz CT molecular complexity index is 406. The van der Waals surface area contributed by atoms with Gasteiger partial charge in [0.25, 0.3) is 0 Å². The molecule has 4 nitrogen and oxygen atoms in total. The maximum Gasteiger partial charge on any atom is 0.222 e. The Labute approximate surface area is 101 Å². The molecule has 1 N–H and O–H groups in total. The molecule has 0 saturated heterocycles. The van der Waals surface area contributed by atoms with Crippen LogP contribution in [0.2, 0.25) is 0 Å². The van der Waals surface area contributed by atoms with Gasteiger partial charge in [-0.15, -0.1) is 0 Å². The number of ether oxygens (including phenoxy) is 1. The van der Waals surface area contributed by atoms with E-state index in [2.05, 4.69) is 5.32 Å². The first-order valence-corrected chi connectivity index (χ1v) is 5.53. The van der Waals surface area contributed by atoms with Crippen molar-refractivity contribution in [1.82, 2.24) is 5.32 Å². The number of hydrogen-bond acceptors (Lipinski definition) is 3. The third kappa shape index (κ3) is 3.89. The van der Waals surface area contributed by atoms with Gasteiger partial charge in [0, 0.05) is 19.1 Å². The fourth-order valence-corrected chi connectivity index (χ4v) is 1.46. The van der Waals surface area contributed by atoms with E-state index in [1.54, 1.807) is 24.3 Å². The lowest BCUT2D eigenvalue weighted by Gasteiger charge is -2.17. The molecule has 0 bridgehead atoms. The zero-order chi connectivity index (χ0) is 12.7. The first kappa shape index (κ1) is 13.2. The van der Waals surface area contributed by atoms with E-state index in [1.165, 1.54) is 7.11 Å². The largest absolute Gasteiger partial charge is 0.357 e. The topological polar surface area (TPSA) is 62.1 Å². The van der Waals surface area contributed by atoms with Crippen LogP contribution in [0.5, 0.6) is 0 Å².